The number of halogens is 5. The number of nitrogens with two attached hydrogens (primary N) is 1. The normalized spacial score (nSPS) is 10.3. The molecule has 0 saturated carbocycles. The van der Waals surface area contributed by atoms with Gasteiger partial charge in [0.15, 0.2) is 0 Å². The van der Waals surface area contributed by atoms with Crippen LogP contribution in [-0.2, 0) is 54.6 Å². The molecule has 2 heterocycles. The Kier molecular flexibility index (Phi) is 20.3. The van der Waals surface area contributed by atoms with Gasteiger partial charge in [0.1, 0.15) is 23.1 Å². The highest BCUT2D eigenvalue weighted by molar-refractivity contribution is 6.80. The highest BCUT2D eigenvalue weighted by Crippen LogP contribution is 2.37. The van der Waals surface area contributed by atoms with E-state index in [0.717, 1.165) is 16.8 Å². The molecular weight excluding hydrogens is 905 g/mol. The van der Waals surface area contributed by atoms with Crippen LogP contribution in [0.15, 0.2) is 109 Å². The number of ether oxygens (including phenoxy) is 4. The fraction of sp³-hybridized carbons (Fsp3) is 0.208. The maximum atomic E-state index is 15.4. The molecule has 0 atom stereocenters. The predicted molar refractivity (Wildman–Crippen MR) is 245 cm³/mol. The molecule has 0 bridgehead atoms. The molecule has 0 spiro atoms. The Balaban J connectivity index is 0.000000249. The van der Waals surface area contributed by atoms with Crippen molar-refractivity contribution in [1.82, 2.24) is 15.3 Å². The number of hydrogen-bond acceptors (Lipinski definition) is 11. The SMILES string of the molecule is CCOC(=O)C(=O)Cl.CCOC(=O)C(=O)NCc1ccc(Cc2ccc(OC)c(-c3cccc(Cl)c3)c2F)cn1.COc1ccc(Cc2ccc(CN)nc2)c(F)c1-c1cccc(Cl)c1. The molecule has 0 radical (unpaired) electrons. The standard InChI is InChI=1S/C24H22ClFN2O4.C20H18ClFN2O.C4H5ClO3/c1-3-32-24(30)23(29)28-14-19-9-7-15(13-27-19)11-17-8-10-20(31-2)21(22(17)26)16-5-4-6-18(25)12-16;1-25-18-8-6-15(9-13-5-7-17(11-23)24-12-13)20(22)19(18)14-3-2-4-16(21)10-14;1-2-8-4(7)3(5)6/h4-10,12-13H,3,11,14H2,1-2H3,(H,28,29);2-8,10,12H,9,11,23H2,1H3;2H2,1H3. The molecule has 4 aromatic carbocycles. The second-order valence-corrected chi connectivity index (χ2v) is 14.7. The van der Waals surface area contributed by atoms with Crippen molar-refractivity contribution >= 4 is 57.9 Å². The van der Waals surface area contributed by atoms with E-state index in [1.807, 2.05) is 18.2 Å². The van der Waals surface area contributed by atoms with Crippen LogP contribution in [-0.4, -0.2) is 60.5 Å². The zero-order valence-corrected chi connectivity index (χ0v) is 38.0. The lowest BCUT2D eigenvalue weighted by molar-refractivity contribution is -0.154. The third kappa shape index (κ3) is 15.1. The van der Waals surface area contributed by atoms with Crippen molar-refractivity contribution in [3.05, 3.63) is 165 Å². The van der Waals surface area contributed by atoms with Crippen molar-refractivity contribution in [2.24, 2.45) is 5.73 Å². The first-order chi connectivity index (χ1) is 31.2. The van der Waals surface area contributed by atoms with Crippen molar-refractivity contribution in [1.29, 1.82) is 0 Å². The maximum absolute atomic E-state index is 15.4. The van der Waals surface area contributed by atoms with Gasteiger partial charge in [-0.15, -0.1) is 0 Å². The number of carbonyl (C=O) groups excluding carboxylic acids is 4. The highest BCUT2D eigenvalue weighted by atomic mass is 35.5. The summed E-state index contributed by atoms with van der Waals surface area (Å²) in [6.07, 6.45) is 4.08. The van der Waals surface area contributed by atoms with Crippen molar-refractivity contribution < 1.29 is 46.9 Å². The van der Waals surface area contributed by atoms with Gasteiger partial charge >= 0.3 is 23.1 Å². The minimum atomic E-state index is -1.08. The van der Waals surface area contributed by atoms with E-state index >= 15 is 8.78 Å². The first kappa shape index (κ1) is 51.2. The van der Waals surface area contributed by atoms with E-state index in [-0.39, 0.29) is 25.6 Å². The Hall–Kier alpha value is -6.45. The number of esters is 2. The first-order valence-electron chi connectivity index (χ1n) is 19.8. The largest absolute Gasteiger partial charge is 0.496 e. The molecule has 6 rings (SSSR count). The van der Waals surface area contributed by atoms with Crippen LogP contribution in [0.1, 0.15) is 47.5 Å². The third-order valence-corrected chi connectivity index (χ3v) is 9.76. The average Bonchev–Trinajstić information content (AvgIpc) is 3.30. The second-order valence-electron chi connectivity index (χ2n) is 13.5. The number of methoxy groups -OCH3 is 2. The molecule has 0 saturated heterocycles. The molecule has 0 aliphatic heterocycles. The number of pyridine rings is 2. The van der Waals surface area contributed by atoms with Crippen LogP contribution in [0.5, 0.6) is 11.5 Å². The van der Waals surface area contributed by atoms with Crippen LogP contribution in [0, 0.1) is 11.6 Å². The molecule has 1 amide bonds. The van der Waals surface area contributed by atoms with Gasteiger partial charge in [-0.05, 0) is 107 Å². The van der Waals surface area contributed by atoms with Gasteiger partial charge < -0.3 is 30.0 Å². The van der Waals surface area contributed by atoms with Gasteiger partial charge in [-0.2, -0.15) is 0 Å². The minimum absolute atomic E-state index is 0.0771. The average molecular weight is 950 g/mol. The van der Waals surface area contributed by atoms with Crippen LogP contribution >= 0.6 is 34.8 Å². The van der Waals surface area contributed by atoms with E-state index < -0.39 is 28.9 Å². The van der Waals surface area contributed by atoms with Gasteiger partial charge in [0.2, 0.25) is 0 Å². The van der Waals surface area contributed by atoms with E-state index in [1.165, 1.54) is 14.2 Å². The fourth-order valence-corrected chi connectivity index (χ4v) is 6.49. The summed E-state index contributed by atoms with van der Waals surface area (Å²) in [7, 11) is 3.02. The molecule has 17 heteroatoms. The van der Waals surface area contributed by atoms with Gasteiger partial charge in [0.25, 0.3) is 0 Å². The summed E-state index contributed by atoms with van der Waals surface area (Å²) >= 11 is 16.8. The quantitative estimate of drug-likeness (QED) is 0.0607. The number of aromatic nitrogens is 2. The van der Waals surface area contributed by atoms with Crippen LogP contribution in [0.4, 0.5) is 8.78 Å². The molecule has 340 valence electrons. The number of hydrogen-bond donors (Lipinski definition) is 2. The van der Waals surface area contributed by atoms with Crippen molar-refractivity contribution in [2.45, 2.75) is 39.8 Å². The summed E-state index contributed by atoms with van der Waals surface area (Å²) < 4.78 is 50.1. The summed E-state index contributed by atoms with van der Waals surface area (Å²) in [5.41, 5.74) is 11.7. The molecule has 0 aliphatic carbocycles. The third-order valence-electron chi connectivity index (χ3n) is 9.13. The molecule has 3 N–H and O–H groups in total. The summed E-state index contributed by atoms with van der Waals surface area (Å²) in [4.78, 5) is 51.3. The molecule has 65 heavy (non-hydrogen) atoms. The first-order valence-corrected chi connectivity index (χ1v) is 21.0. The number of benzene rings is 4. The van der Waals surface area contributed by atoms with Crippen molar-refractivity contribution in [2.75, 3.05) is 27.4 Å². The van der Waals surface area contributed by atoms with Gasteiger partial charge in [0, 0.05) is 41.8 Å². The lowest BCUT2D eigenvalue weighted by Gasteiger charge is -2.14. The van der Waals surface area contributed by atoms with E-state index in [4.69, 9.17) is 50.0 Å². The van der Waals surface area contributed by atoms with Crippen molar-refractivity contribution in [3.8, 4) is 33.8 Å². The minimum Gasteiger partial charge on any atom is -0.496 e. The topological polar surface area (TPSA) is 169 Å². The fourth-order valence-electron chi connectivity index (χ4n) is 6.05. The molecule has 12 nitrogen and oxygen atoms in total. The number of rotatable bonds is 14. The zero-order valence-electron chi connectivity index (χ0n) is 35.8. The summed E-state index contributed by atoms with van der Waals surface area (Å²) in [6.45, 7) is 3.98. The monoisotopic (exact) mass is 948 g/mol. The highest BCUT2D eigenvalue weighted by Gasteiger charge is 2.19. The number of nitrogens with zero attached hydrogens (tertiary/aromatic N) is 2. The van der Waals surface area contributed by atoms with Gasteiger partial charge in [-0.1, -0.05) is 71.7 Å². The molecule has 2 aromatic heterocycles. The van der Waals surface area contributed by atoms with E-state index in [9.17, 15) is 19.2 Å². The van der Waals surface area contributed by atoms with Crippen LogP contribution in [0.2, 0.25) is 10.0 Å². The predicted octanol–water partition coefficient (Wildman–Crippen LogP) is 9.23. The summed E-state index contributed by atoms with van der Waals surface area (Å²) in [5.74, 6) is -2.57. The smallest absolute Gasteiger partial charge is 0.396 e. The Morgan fingerprint density at radius 2 is 1.11 bits per heavy atom. The molecule has 6 aromatic rings. The van der Waals surface area contributed by atoms with E-state index in [2.05, 4.69) is 24.8 Å². The Bertz CT molecular complexity index is 2580. The molecule has 0 aliphatic rings. The Morgan fingerprint density at radius 3 is 1.48 bits per heavy atom. The number of carbonyl (C=O) groups is 4. The summed E-state index contributed by atoms with van der Waals surface area (Å²) in [6, 6.07) is 28.2. The molecule has 0 fully saturated rings. The number of amides is 1. The van der Waals surface area contributed by atoms with Crippen LogP contribution in [0.25, 0.3) is 22.3 Å². The second kappa shape index (κ2) is 25.7. The molecular formula is C48H45Cl3F2N4O8. The van der Waals surface area contributed by atoms with Gasteiger partial charge in [-0.25, -0.2) is 18.4 Å². The Morgan fingerprint density at radius 1 is 0.646 bits per heavy atom. The maximum Gasteiger partial charge on any atom is 0.396 e. The number of nitrogens with one attached hydrogen (secondary N) is 1. The van der Waals surface area contributed by atoms with Crippen molar-refractivity contribution in [3.63, 3.8) is 0 Å². The van der Waals surface area contributed by atoms with Crippen LogP contribution in [0.3, 0.4) is 0 Å². The van der Waals surface area contributed by atoms with E-state index in [1.54, 1.807) is 105 Å². The Labute approximate surface area is 390 Å². The van der Waals surface area contributed by atoms with Crippen LogP contribution < -0.4 is 20.5 Å². The van der Waals surface area contributed by atoms with Gasteiger partial charge in [0.05, 0.1) is 56.5 Å². The summed E-state index contributed by atoms with van der Waals surface area (Å²) in [5, 5.41) is 2.42. The molecule has 0 unspecified atom stereocenters. The zero-order chi connectivity index (χ0) is 47.5. The van der Waals surface area contributed by atoms with Gasteiger partial charge in [-0.3, -0.25) is 19.6 Å². The lowest BCUT2D eigenvalue weighted by atomic mass is 9.97. The lowest BCUT2D eigenvalue weighted by Crippen LogP contribution is -2.32. The van der Waals surface area contributed by atoms with E-state index in [0.29, 0.717) is 80.0 Å².